The Balaban J connectivity index is 1.30. The van der Waals surface area contributed by atoms with Crippen LogP contribution in [-0.2, 0) is 25.9 Å². The number of carbonyl (C=O) groups is 1. The fourth-order valence-corrected chi connectivity index (χ4v) is 12.1. The van der Waals surface area contributed by atoms with Crippen molar-refractivity contribution >= 4 is 29.2 Å². The van der Waals surface area contributed by atoms with E-state index in [1.165, 1.54) is 23.6 Å². The Hall–Kier alpha value is -3.04. The molecular weight excluding hydrogens is 527 g/mol. The summed E-state index contributed by atoms with van der Waals surface area (Å²) in [6, 6.07) is 19.8. The number of hydrogen-bond acceptors (Lipinski definition) is 5. The summed E-state index contributed by atoms with van der Waals surface area (Å²) >= 11 is 0. The summed E-state index contributed by atoms with van der Waals surface area (Å²) in [6.45, 7) is 6.41. The maximum absolute atomic E-state index is 15.5. The molecule has 0 amide bonds. The van der Waals surface area contributed by atoms with Gasteiger partial charge in [-0.3, -0.25) is 4.79 Å². The van der Waals surface area contributed by atoms with Gasteiger partial charge in [-0.1, -0.05) is 86.2 Å². The summed E-state index contributed by atoms with van der Waals surface area (Å²) in [4.78, 5) is 11.7. The van der Waals surface area contributed by atoms with E-state index in [-0.39, 0.29) is 22.9 Å². The Morgan fingerprint density at radius 1 is 0.902 bits per heavy atom. The van der Waals surface area contributed by atoms with Gasteiger partial charge in [0.15, 0.2) is 7.14 Å². The Morgan fingerprint density at radius 3 is 2.22 bits per heavy atom. The fraction of sp³-hybridized carbons (Fsp3) is 0.457. The van der Waals surface area contributed by atoms with E-state index in [0.29, 0.717) is 23.2 Å². The van der Waals surface area contributed by atoms with Gasteiger partial charge >= 0.3 is 5.97 Å². The SMILES string of the molecule is CC(=O)O[C@H]1CC[C@@]2(C)C(=CC[C@@H]3[C@@H]2CC[C@]2(C)c4c(cnnc4P(=O)(c4ccccc4)c4ccccc4)C[C@@H]32)C1. The number of aromatic nitrogens is 2. The topological polar surface area (TPSA) is 69.2 Å². The van der Waals surface area contributed by atoms with Gasteiger partial charge in [-0.15, -0.1) is 5.10 Å². The highest BCUT2D eigenvalue weighted by Crippen LogP contribution is 2.64. The molecule has 2 saturated carbocycles. The van der Waals surface area contributed by atoms with Crippen molar-refractivity contribution in [3.8, 4) is 0 Å². The highest BCUT2D eigenvalue weighted by atomic mass is 31.2. The van der Waals surface area contributed by atoms with Crippen LogP contribution in [0.25, 0.3) is 0 Å². The molecule has 41 heavy (non-hydrogen) atoms. The van der Waals surface area contributed by atoms with E-state index < -0.39 is 7.14 Å². The molecule has 0 spiro atoms. The Bertz CT molecular complexity index is 1530. The van der Waals surface area contributed by atoms with Crippen molar-refractivity contribution in [1.29, 1.82) is 0 Å². The van der Waals surface area contributed by atoms with Crippen LogP contribution in [0, 0.1) is 23.2 Å². The Kier molecular flexibility index (Phi) is 6.39. The standard InChI is InChI=1S/C35H39N2O3P/c1-23(38)40-26-16-18-34(2)25(21-26)14-15-29-30(34)17-19-35(3)31(29)20-24-22-36-37-33(32(24)35)41(39,27-10-6-4-7-11-27)28-12-8-5-9-13-28/h4-14,22,26,29-31H,15-21H2,1-3H3/t26-,29+,30-,31-,34-,35-/m0/s1. The van der Waals surface area contributed by atoms with Gasteiger partial charge in [0.1, 0.15) is 11.5 Å². The Labute approximate surface area is 243 Å². The van der Waals surface area contributed by atoms with E-state index >= 15 is 4.57 Å². The van der Waals surface area contributed by atoms with Crippen molar-refractivity contribution < 1.29 is 14.1 Å². The molecular formula is C35H39N2O3P. The molecule has 1 heterocycles. The molecule has 212 valence electrons. The summed E-state index contributed by atoms with van der Waals surface area (Å²) in [7, 11) is -3.24. The maximum atomic E-state index is 15.5. The van der Waals surface area contributed by atoms with Crippen LogP contribution in [0.4, 0.5) is 0 Å². The summed E-state index contributed by atoms with van der Waals surface area (Å²) in [5, 5.41) is 10.9. The van der Waals surface area contributed by atoms with Crippen LogP contribution < -0.4 is 16.0 Å². The van der Waals surface area contributed by atoms with Crippen molar-refractivity contribution in [3.05, 3.63) is 89.6 Å². The van der Waals surface area contributed by atoms with Crippen molar-refractivity contribution in [1.82, 2.24) is 10.2 Å². The van der Waals surface area contributed by atoms with Gasteiger partial charge in [0.25, 0.3) is 0 Å². The molecule has 0 saturated heterocycles. The van der Waals surface area contributed by atoms with Crippen molar-refractivity contribution in [2.24, 2.45) is 23.2 Å². The number of esters is 1. The van der Waals surface area contributed by atoms with Gasteiger partial charge < -0.3 is 9.30 Å². The van der Waals surface area contributed by atoms with Crippen LogP contribution in [0.2, 0.25) is 0 Å². The summed E-state index contributed by atoms with van der Waals surface area (Å²) < 4.78 is 21.1. The molecule has 0 aliphatic heterocycles. The zero-order valence-electron chi connectivity index (χ0n) is 24.3. The lowest BCUT2D eigenvalue weighted by Gasteiger charge is -2.57. The number of fused-ring (bicyclic) bond motifs is 7. The molecule has 6 heteroatoms. The van der Waals surface area contributed by atoms with Crippen LogP contribution in [0.15, 0.2) is 78.5 Å². The van der Waals surface area contributed by atoms with Crippen molar-refractivity contribution in [2.45, 2.75) is 77.2 Å². The second-order valence-electron chi connectivity index (χ2n) is 13.2. The second kappa shape index (κ2) is 9.76. The maximum Gasteiger partial charge on any atom is 0.302 e. The van der Waals surface area contributed by atoms with Gasteiger partial charge in [-0.2, -0.15) is 5.10 Å². The number of hydrogen-bond donors (Lipinski definition) is 0. The second-order valence-corrected chi connectivity index (χ2v) is 15.9. The van der Waals surface area contributed by atoms with E-state index in [1.807, 2.05) is 66.9 Å². The lowest BCUT2D eigenvalue weighted by atomic mass is 9.47. The van der Waals surface area contributed by atoms with Crippen LogP contribution in [0.5, 0.6) is 0 Å². The first kappa shape index (κ1) is 26.8. The quantitative estimate of drug-likeness (QED) is 0.219. The largest absolute Gasteiger partial charge is 0.462 e. The molecule has 3 aromatic rings. The van der Waals surface area contributed by atoms with Gasteiger partial charge in [0, 0.05) is 24.0 Å². The highest BCUT2D eigenvalue weighted by Gasteiger charge is 2.59. The third-order valence-electron chi connectivity index (χ3n) is 11.2. The molecule has 0 radical (unpaired) electrons. The summed E-state index contributed by atoms with van der Waals surface area (Å²) in [6.07, 6.45) is 11.6. The first-order valence-electron chi connectivity index (χ1n) is 15.2. The smallest absolute Gasteiger partial charge is 0.302 e. The number of benzene rings is 2. The number of rotatable bonds is 4. The summed E-state index contributed by atoms with van der Waals surface area (Å²) in [5.41, 5.74) is 4.67. The van der Waals surface area contributed by atoms with Crippen molar-refractivity contribution in [3.63, 3.8) is 0 Å². The first-order valence-corrected chi connectivity index (χ1v) is 16.9. The molecule has 4 aliphatic rings. The van der Waals surface area contributed by atoms with E-state index in [0.717, 1.165) is 55.6 Å². The Morgan fingerprint density at radius 2 is 1.56 bits per heavy atom. The zero-order chi connectivity index (χ0) is 28.4. The van der Waals surface area contributed by atoms with E-state index in [4.69, 9.17) is 9.84 Å². The predicted octanol–water partition coefficient (Wildman–Crippen LogP) is 6.02. The summed E-state index contributed by atoms with van der Waals surface area (Å²) in [5.74, 6) is 1.45. The van der Waals surface area contributed by atoms with E-state index in [2.05, 4.69) is 25.0 Å². The third kappa shape index (κ3) is 4.02. The molecule has 6 atom stereocenters. The molecule has 1 aromatic heterocycles. The number of ether oxygens (including phenoxy) is 1. The fourth-order valence-electron chi connectivity index (χ4n) is 9.29. The predicted molar refractivity (Wildman–Crippen MR) is 162 cm³/mol. The average Bonchev–Trinajstić information content (AvgIpc) is 3.30. The van der Waals surface area contributed by atoms with E-state index in [9.17, 15) is 4.79 Å². The number of nitrogens with zero attached hydrogens (tertiary/aromatic N) is 2. The zero-order valence-corrected chi connectivity index (χ0v) is 25.1. The molecule has 0 bridgehead atoms. The van der Waals surface area contributed by atoms with Gasteiger partial charge in [-0.25, -0.2) is 0 Å². The van der Waals surface area contributed by atoms with Crippen LogP contribution in [-0.4, -0.2) is 22.3 Å². The van der Waals surface area contributed by atoms with Gasteiger partial charge in [0.2, 0.25) is 0 Å². The molecule has 0 N–H and O–H groups in total. The average molecular weight is 567 g/mol. The lowest BCUT2D eigenvalue weighted by Crippen LogP contribution is -2.52. The molecule has 2 aromatic carbocycles. The monoisotopic (exact) mass is 566 g/mol. The number of allylic oxidation sites excluding steroid dienone is 1. The molecule has 4 aliphatic carbocycles. The molecule has 2 fully saturated rings. The molecule has 5 nitrogen and oxygen atoms in total. The van der Waals surface area contributed by atoms with Crippen molar-refractivity contribution in [2.75, 3.05) is 0 Å². The normalized spacial score (nSPS) is 32.1. The van der Waals surface area contributed by atoms with E-state index in [1.54, 1.807) is 0 Å². The number of carbonyl (C=O) groups excluding carboxylic acids is 1. The third-order valence-corrected chi connectivity index (χ3v) is 14.2. The van der Waals surface area contributed by atoms with Crippen LogP contribution in [0.3, 0.4) is 0 Å². The van der Waals surface area contributed by atoms with Crippen LogP contribution >= 0.6 is 7.14 Å². The molecule has 0 unspecified atom stereocenters. The minimum Gasteiger partial charge on any atom is -0.462 e. The minimum atomic E-state index is -3.24. The first-order chi connectivity index (χ1) is 19.7. The highest BCUT2D eigenvalue weighted by molar-refractivity contribution is 7.85. The van der Waals surface area contributed by atoms with Gasteiger partial charge in [-0.05, 0) is 78.2 Å². The van der Waals surface area contributed by atoms with Crippen LogP contribution in [0.1, 0.15) is 70.4 Å². The molecule has 7 rings (SSSR count). The lowest BCUT2D eigenvalue weighted by molar-refractivity contribution is -0.148. The minimum absolute atomic E-state index is 0.0118. The van der Waals surface area contributed by atoms with Gasteiger partial charge in [0.05, 0.1) is 6.20 Å².